The first kappa shape index (κ1) is 15.0. The molecule has 0 radical (unpaired) electrons. The first-order chi connectivity index (χ1) is 9.38. The third-order valence-corrected chi connectivity index (χ3v) is 4.74. The number of aryl methyl sites for hydroxylation is 1. The fourth-order valence-electron chi connectivity index (χ4n) is 1.91. The molecule has 0 spiro atoms. The Morgan fingerprint density at radius 2 is 2.10 bits per heavy atom. The SMILES string of the molecule is C[C@H](Cc1ccccc1Cl)NS(=O)(=O)c1cnn(C)c1. The molecule has 0 saturated carbocycles. The van der Waals surface area contributed by atoms with Gasteiger partial charge in [-0.05, 0) is 25.0 Å². The van der Waals surface area contributed by atoms with Gasteiger partial charge < -0.3 is 0 Å². The Labute approximate surface area is 123 Å². The Balaban J connectivity index is 2.08. The van der Waals surface area contributed by atoms with Crippen LogP contribution in [0.4, 0.5) is 0 Å². The summed E-state index contributed by atoms with van der Waals surface area (Å²) in [5, 5.41) is 4.50. The minimum atomic E-state index is -3.55. The van der Waals surface area contributed by atoms with Crippen molar-refractivity contribution in [3.05, 3.63) is 47.2 Å². The van der Waals surface area contributed by atoms with E-state index in [1.807, 2.05) is 18.2 Å². The van der Waals surface area contributed by atoms with Gasteiger partial charge in [0, 0.05) is 24.3 Å². The molecule has 5 nitrogen and oxygen atoms in total. The van der Waals surface area contributed by atoms with Crippen LogP contribution in [0.15, 0.2) is 41.6 Å². The third kappa shape index (κ3) is 3.59. The average Bonchev–Trinajstić information content (AvgIpc) is 2.79. The average molecular weight is 314 g/mol. The normalized spacial score (nSPS) is 13.3. The van der Waals surface area contributed by atoms with Gasteiger partial charge in [-0.15, -0.1) is 0 Å². The topological polar surface area (TPSA) is 64.0 Å². The Kier molecular flexibility index (Phi) is 4.47. The molecule has 0 saturated heterocycles. The van der Waals surface area contributed by atoms with E-state index >= 15 is 0 Å². The third-order valence-electron chi connectivity index (χ3n) is 2.83. The van der Waals surface area contributed by atoms with E-state index < -0.39 is 10.0 Å². The summed E-state index contributed by atoms with van der Waals surface area (Å²) >= 11 is 6.07. The zero-order valence-electron chi connectivity index (χ0n) is 11.2. The number of nitrogens with one attached hydrogen (secondary N) is 1. The van der Waals surface area contributed by atoms with Crippen molar-refractivity contribution in [3.63, 3.8) is 0 Å². The number of rotatable bonds is 5. The predicted octanol–water partition coefficient (Wildman–Crippen LogP) is 1.98. The van der Waals surface area contributed by atoms with E-state index in [2.05, 4.69) is 9.82 Å². The van der Waals surface area contributed by atoms with Crippen molar-refractivity contribution in [2.45, 2.75) is 24.3 Å². The highest BCUT2D eigenvalue weighted by molar-refractivity contribution is 7.89. The minimum Gasteiger partial charge on any atom is -0.274 e. The highest BCUT2D eigenvalue weighted by Gasteiger charge is 2.19. The molecule has 0 fully saturated rings. The van der Waals surface area contributed by atoms with Gasteiger partial charge in [0.25, 0.3) is 0 Å². The first-order valence-electron chi connectivity index (χ1n) is 6.13. The molecule has 0 aliphatic carbocycles. The lowest BCUT2D eigenvalue weighted by Gasteiger charge is -2.14. The molecule has 2 aromatic rings. The molecule has 0 amide bonds. The van der Waals surface area contributed by atoms with Gasteiger partial charge in [-0.3, -0.25) is 4.68 Å². The van der Waals surface area contributed by atoms with Crippen molar-refractivity contribution in [1.29, 1.82) is 0 Å². The maximum absolute atomic E-state index is 12.1. The van der Waals surface area contributed by atoms with Crippen molar-refractivity contribution in [1.82, 2.24) is 14.5 Å². The van der Waals surface area contributed by atoms with Crippen LogP contribution in [0.3, 0.4) is 0 Å². The van der Waals surface area contributed by atoms with Gasteiger partial charge in [0.05, 0.1) is 6.20 Å². The summed E-state index contributed by atoms with van der Waals surface area (Å²) in [4.78, 5) is 0.158. The first-order valence-corrected chi connectivity index (χ1v) is 7.99. The molecule has 1 aromatic carbocycles. The molecule has 0 unspecified atom stereocenters. The van der Waals surface area contributed by atoms with Crippen LogP contribution >= 0.6 is 11.6 Å². The number of sulfonamides is 1. The molecule has 0 bridgehead atoms. The second kappa shape index (κ2) is 5.95. The summed E-state index contributed by atoms with van der Waals surface area (Å²) in [5.41, 5.74) is 0.913. The number of halogens is 1. The summed E-state index contributed by atoms with van der Waals surface area (Å²) in [7, 11) is -1.88. The quantitative estimate of drug-likeness (QED) is 0.918. The predicted molar refractivity (Wildman–Crippen MR) is 78.1 cm³/mol. The highest BCUT2D eigenvalue weighted by atomic mass is 35.5. The summed E-state index contributed by atoms with van der Waals surface area (Å²) in [6.45, 7) is 1.80. The van der Waals surface area contributed by atoms with Crippen LogP contribution in [0.1, 0.15) is 12.5 Å². The number of hydrogen-bond donors (Lipinski definition) is 1. The Morgan fingerprint density at radius 1 is 1.40 bits per heavy atom. The number of nitrogens with zero attached hydrogens (tertiary/aromatic N) is 2. The lowest BCUT2D eigenvalue weighted by atomic mass is 10.1. The van der Waals surface area contributed by atoms with E-state index in [0.717, 1.165) is 5.56 Å². The molecule has 2 rings (SSSR count). The number of benzene rings is 1. The molecule has 108 valence electrons. The number of hydrogen-bond acceptors (Lipinski definition) is 3. The van der Waals surface area contributed by atoms with Crippen LogP contribution in [-0.2, 0) is 23.5 Å². The van der Waals surface area contributed by atoms with Crippen LogP contribution in [0.2, 0.25) is 5.02 Å². The maximum atomic E-state index is 12.1. The Bertz CT molecular complexity index is 697. The van der Waals surface area contributed by atoms with Gasteiger partial charge in [-0.2, -0.15) is 5.10 Å². The summed E-state index contributed by atoms with van der Waals surface area (Å²) < 4.78 is 28.3. The maximum Gasteiger partial charge on any atom is 0.243 e. The Hall–Kier alpha value is -1.37. The summed E-state index contributed by atoms with van der Waals surface area (Å²) in [6.07, 6.45) is 3.31. The van der Waals surface area contributed by atoms with Crippen molar-refractivity contribution in [3.8, 4) is 0 Å². The van der Waals surface area contributed by atoms with Crippen LogP contribution in [0.25, 0.3) is 0 Å². The van der Waals surface area contributed by atoms with E-state index in [1.165, 1.54) is 17.1 Å². The molecule has 1 heterocycles. The molecule has 0 aliphatic rings. The molecule has 7 heteroatoms. The molecular formula is C13H16ClN3O2S. The second-order valence-corrected chi connectivity index (χ2v) is 6.79. The van der Waals surface area contributed by atoms with E-state index in [4.69, 9.17) is 11.6 Å². The fourth-order valence-corrected chi connectivity index (χ4v) is 3.35. The molecular weight excluding hydrogens is 298 g/mol. The monoisotopic (exact) mass is 313 g/mol. The van der Waals surface area contributed by atoms with E-state index in [-0.39, 0.29) is 10.9 Å². The van der Waals surface area contributed by atoms with Crippen LogP contribution in [-0.4, -0.2) is 24.2 Å². The van der Waals surface area contributed by atoms with Crippen LogP contribution in [0.5, 0.6) is 0 Å². The molecule has 1 aromatic heterocycles. The zero-order chi connectivity index (χ0) is 14.8. The summed E-state index contributed by atoms with van der Waals surface area (Å²) in [5.74, 6) is 0. The molecule has 0 aliphatic heterocycles. The molecule has 1 N–H and O–H groups in total. The molecule has 20 heavy (non-hydrogen) atoms. The van der Waals surface area contributed by atoms with Crippen molar-refractivity contribution >= 4 is 21.6 Å². The van der Waals surface area contributed by atoms with Gasteiger partial charge in [-0.25, -0.2) is 13.1 Å². The minimum absolute atomic E-state index is 0.158. The lowest BCUT2D eigenvalue weighted by molar-refractivity contribution is 0.559. The smallest absolute Gasteiger partial charge is 0.243 e. The van der Waals surface area contributed by atoms with Gasteiger partial charge in [0.15, 0.2) is 0 Å². The van der Waals surface area contributed by atoms with Gasteiger partial charge in [-0.1, -0.05) is 29.8 Å². The van der Waals surface area contributed by atoms with E-state index in [9.17, 15) is 8.42 Å². The standard InChI is InChI=1S/C13H16ClN3O2S/c1-10(7-11-5-3-4-6-13(11)14)16-20(18,19)12-8-15-17(2)9-12/h3-6,8-10,16H,7H2,1-2H3/t10-/m1/s1. The number of aromatic nitrogens is 2. The Morgan fingerprint density at radius 3 is 2.70 bits per heavy atom. The van der Waals surface area contributed by atoms with Crippen molar-refractivity contribution in [2.75, 3.05) is 0 Å². The van der Waals surface area contributed by atoms with E-state index in [0.29, 0.717) is 11.4 Å². The van der Waals surface area contributed by atoms with Gasteiger partial charge in [0.2, 0.25) is 10.0 Å². The van der Waals surface area contributed by atoms with Crippen molar-refractivity contribution < 1.29 is 8.42 Å². The largest absolute Gasteiger partial charge is 0.274 e. The van der Waals surface area contributed by atoms with Crippen molar-refractivity contribution in [2.24, 2.45) is 7.05 Å². The van der Waals surface area contributed by atoms with Crippen LogP contribution in [0, 0.1) is 0 Å². The fraction of sp³-hybridized carbons (Fsp3) is 0.308. The molecule has 1 atom stereocenters. The second-order valence-electron chi connectivity index (χ2n) is 4.67. The highest BCUT2D eigenvalue weighted by Crippen LogP contribution is 2.17. The van der Waals surface area contributed by atoms with Crippen LogP contribution < -0.4 is 4.72 Å². The zero-order valence-corrected chi connectivity index (χ0v) is 12.8. The van der Waals surface area contributed by atoms with Gasteiger partial charge in [0.1, 0.15) is 4.90 Å². The van der Waals surface area contributed by atoms with Gasteiger partial charge >= 0.3 is 0 Å². The summed E-state index contributed by atoms with van der Waals surface area (Å²) in [6, 6.07) is 7.14. The lowest BCUT2D eigenvalue weighted by Crippen LogP contribution is -2.34. The van der Waals surface area contributed by atoms with E-state index in [1.54, 1.807) is 20.0 Å².